The molecule has 0 unspecified atom stereocenters. The molecule has 0 atom stereocenters. The average molecular weight is 356 g/mol. The number of carbonyl (C=O) groups excluding carboxylic acids is 2. The summed E-state index contributed by atoms with van der Waals surface area (Å²) in [5.41, 5.74) is 9.17. The van der Waals surface area contributed by atoms with Gasteiger partial charge in [0.25, 0.3) is 5.91 Å². The molecule has 130 valence electrons. The second-order valence-corrected chi connectivity index (χ2v) is 7.53. The first-order valence-corrected chi connectivity index (χ1v) is 9.43. The van der Waals surface area contributed by atoms with Gasteiger partial charge in [0, 0.05) is 17.0 Å². The van der Waals surface area contributed by atoms with Crippen LogP contribution in [0.15, 0.2) is 18.2 Å². The predicted octanol–water partition coefficient (Wildman–Crippen LogP) is 3.19. The third kappa shape index (κ3) is 2.61. The molecular formula is C19H20N2O3S. The molecule has 1 aromatic heterocycles. The van der Waals surface area contributed by atoms with Gasteiger partial charge in [-0.2, -0.15) is 0 Å². The van der Waals surface area contributed by atoms with Crippen molar-refractivity contribution in [3.63, 3.8) is 0 Å². The lowest BCUT2D eigenvalue weighted by Gasteiger charge is -2.28. The van der Waals surface area contributed by atoms with Gasteiger partial charge in [-0.1, -0.05) is 0 Å². The van der Waals surface area contributed by atoms with Crippen molar-refractivity contribution < 1.29 is 14.3 Å². The smallest absolute Gasteiger partial charge is 0.265 e. The highest BCUT2D eigenvalue weighted by Gasteiger charge is 2.28. The van der Waals surface area contributed by atoms with E-state index in [-0.39, 0.29) is 18.3 Å². The Morgan fingerprint density at radius 3 is 2.92 bits per heavy atom. The third-order valence-electron chi connectivity index (χ3n) is 4.91. The summed E-state index contributed by atoms with van der Waals surface area (Å²) in [5.74, 6) is 0.485. The van der Waals surface area contributed by atoms with E-state index in [1.165, 1.54) is 4.88 Å². The zero-order valence-electron chi connectivity index (χ0n) is 14.1. The Hall–Kier alpha value is -2.34. The Bertz CT molecular complexity index is 872. The summed E-state index contributed by atoms with van der Waals surface area (Å²) >= 11 is 1.54. The minimum absolute atomic E-state index is 0.0408. The predicted molar refractivity (Wildman–Crippen MR) is 98.8 cm³/mol. The second-order valence-electron chi connectivity index (χ2n) is 6.39. The number of nitrogen functional groups attached to an aromatic ring is 1. The maximum absolute atomic E-state index is 13.1. The summed E-state index contributed by atoms with van der Waals surface area (Å²) in [6.45, 7) is 2.50. The number of hydrogen-bond donors (Lipinski definition) is 1. The molecule has 2 heterocycles. The average Bonchev–Trinajstić information content (AvgIpc) is 2.96. The lowest BCUT2D eigenvalue weighted by molar-refractivity contribution is -0.121. The molecule has 2 N–H and O–H groups in total. The van der Waals surface area contributed by atoms with E-state index < -0.39 is 0 Å². The Morgan fingerprint density at radius 2 is 2.12 bits per heavy atom. The van der Waals surface area contributed by atoms with Crippen LogP contribution in [0, 0.1) is 0 Å². The van der Waals surface area contributed by atoms with Crippen molar-refractivity contribution in [3.8, 4) is 5.75 Å². The van der Waals surface area contributed by atoms with Crippen molar-refractivity contribution in [3.05, 3.63) is 39.8 Å². The van der Waals surface area contributed by atoms with Crippen molar-refractivity contribution in [2.24, 2.45) is 0 Å². The number of rotatable bonds is 3. The molecule has 1 aliphatic heterocycles. The summed E-state index contributed by atoms with van der Waals surface area (Å²) in [6.07, 6.45) is 4.18. The molecule has 0 fully saturated rings. The number of anilines is 2. The molecule has 1 aliphatic carbocycles. The highest BCUT2D eigenvalue weighted by molar-refractivity contribution is 7.16. The zero-order valence-corrected chi connectivity index (χ0v) is 14.9. The number of hydrogen-bond acceptors (Lipinski definition) is 5. The monoisotopic (exact) mass is 356 g/mol. The molecule has 2 aromatic rings. The van der Waals surface area contributed by atoms with Crippen LogP contribution in [0.5, 0.6) is 5.75 Å². The van der Waals surface area contributed by atoms with Crippen molar-refractivity contribution in [1.29, 1.82) is 0 Å². The number of nitrogens with zero attached hydrogens (tertiary/aromatic N) is 1. The number of aryl methyl sites for hydroxylation is 1. The number of nitrogens with two attached hydrogens (primary N) is 1. The van der Waals surface area contributed by atoms with Crippen LogP contribution in [0.25, 0.3) is 0 Å². The highest BCUT2D eigenvalue weighted by Crippen LogP contribution is 2.39. The first-order chi connectivity index (χ1) is 12.1. The van der Waals surface area contributed by atoms with Crippen LogP contribution in [0.4, 0.5) is 10.7 Å². The summed E-state index contributed by atoms with van der Waals surface area (Å²) in [4.78, 5) is 28.1. The zero-order chi connectivity index (χ0) is 17.6. The molecule has 2 aliphatic rings. The maximum atomic E-state index is 13.1. The van der Waals surface area contributed by atoms with Gasteiger partial charge in [0.1, 0.15) is 5.75 Å². The quantitative estimate of drug-likeness (QED) is 0.857. The molecule has 1 amide bonds. The number of ketones is 1. The summed E-state index contributed by atoms with van der Waals surface area (Å²) in [6, 6.07) is 5.29. The molecule has 5 nitrogen and oxygen atoms in total. The van der Waals surface area contributed by atoms with E-state index in [0.29, 0.717) is 34.1 Å². The number of likely N-dealkylation sites (N-methyl/N-ethyl adjacent to an activating group) is 1. The Balaban J connectivity index is 1.76. The van der Waals surface area contributed by atoms with E-state index in [0.717, 1.165) is 31.2 Å². The standard InChI is InChI=1S/C19H20N2O3S/c1-2-21-13-9-11(7-8-14(13)24-10-16(21)22)18(23)17-12-5-3-4-6-15(12)25-19(17)20/h7-9H,2-6,10,20H2,1H3. The molecule has 0 spiro atoms. The Labute approximate surface area is 150 Å². The molecular weight excluding hydrogens is 336 g/mol. The molecule has 0 saturated carbocycles. The van der Waals surface area contributed by atoms with Crippen LogP contribution in [0.3, 0.4) is 0 Å². The Kier molecular flexibility index (Phi) is 4.00. The summed E-state index contributed by atoms with van der Waals surface area (Å²) in [5, 5.41) is 0.606. The van der Waals surface area contributed by atoms with Crippen LogP contribution >= 0.6 is 11.3 Å². The third-order valence-corrected chi connectivity index (χ3v) is 6.03. The Morgan fingerprint density at radius 1 is 1.32 bits per heavy atom. The molecule has 0 radical (unpaired) electrons. The number of carbonyl (C=O) groups is 2. The van der Waals surface area contributed by atoms with Crippen LogP contribution in [-0.2, 0) is 17.6 Å². The lowest BCUT2D eigenvalue weighted by atomic mass is 9.91. The van der Waals surface area contributed by atoms with Crippen LogP contribution < -0.4 is 15.4 Å². The van der Waals surface area contributed by atoms with Crippen molar-refractivity contribution in [2.45, 2.75) is 32.6 Å². The van der Waals surface area contributed by atoms with Crippen LogP contribution in [0.2, 0.25) is 0 Å². The number of amides is 1. The molecule has 0 saturated heterocycles. The van der Waals surface area contributed by atoms with Gasteiger partial charge in [-0.25, -0.2) is 0 Å². The van der Waals surface area contributed by atoms with Crippen molar-refractivity contribution in [2.75, 3.05) is 23.8 Å². The lowest BCUT2D eigenvalue weighted by Crippen LogP contribution is -2.38. The van der Waals surface area contributed by atoms with E-state index in [9.17, 15) is 9.59 Å². The van der Waals surface area contributed by atoms with Gasteiger partial charge in [0.05, 0.1) is 16.3 Å². The van der Waals surface area contributed by atoms with Crippen LogP contribution in [-0.4, -0.2) is 24.8 Å². The topological polar surface area (TPSA) is 72.6 Å². The van der Waals surface area contributed by atoms with Gasteiger partial charge >= 0.3 is 0 Å². The fourth-order valence-electron chi connectivity index (χ4n) is 3.67. The van der Waals surface area contributed by atoms with E-state index in [1.807, 2.05) is 6.92 Å². The normalized spacial score (nSPS) is 16.2. The molecule has 0 bridgehead atoms. The van der Waals surface area contributed by atoms with E-state index in [4.69, 9.17) is 10.5 Å². The highest BCUT2D eigenvalue weighted by atomic mass is 32.1. The fraction of sp³-hybridized carbons (Fsp3) is 0.368. The van der Waals surface area contributed by atoms with Gasteiger partial charge < -0.3 is 15.4 Å². The van der Waals surface area contributed by atoms with E-state index >= 15 is 0 Å². The van der Waals surface area contributed by atoms with Gasteiger partial charge in [0.2, 0.25) is 0 Å². The maximum Gasteiger partial charge on any atom is 0.265 e. The van der Waals surface area contributed by atoms with E-state index in [1.54, 1.807) is 34.4 Å². The fourth-order valence-corrected chi connectivity index (χ4v) is 4.83. The van der Waals surface area contributed by atoms with Gasteiger partial charge in [-0.05, 0) is 56.4 Å². The molecule has 4 rings (SSSR count). The summed E-state index contributed by atoms with van der Waals surface area (Å²) in [7, 11) is 0. The number of benzene rings is 1. The van der Waals surface area contributed by atoms with Gasteiger partial charge in [0.15, 0.2) is 12.4 Å². The molecule has 1 aromatic carbocycles. The molecule has 25 heavy (non-hydrogen) atoms. The number of ether oxygens (including phenoxy) is 1. The number of fused-ring (bicyclic) bond motifs is 2. The van der Waals surface area contributed by atoms with Crippen LogP contribution in [0.1, 0.15) is 46.1 Å². The minimum Gasteiger partial charge on any atom is -0.482 e. The second kappa shape index (κ2) is 6.19. The summed E-state index contributed by atoms with van der Waals surface area (Å²) < 4.78 is 5.48. The van der Waals surface area contributed by atoms with E-state index in [2.05, 4.69) is 0 Å². The number of thiophene rings is 1. The van der Waals surface area contributed by atoms with Crippen molar-refractivity contribution >= 4 is 33.7 Å². The minimum atomic E-state index is -0.0907. The first-order valence-electron chi connectivity index (χ1n) is 8.62. The SMILES string of the molecule is CCN1C(=O)COc2ccc(C(=O)c3c(N)sc4c3CCCC4)cc21. The molecule has 6 heteroatoms. The largest absolute Gasteiger partial charge is 0.482 e. The van der Waals surface area contributed by atoms with Crippen molar-refractivity contribution in [1.82, 2.24) is 0 Å². The van der Waals surface area contributed by atoms with Gasteiger partial charge in [-0.3, -0.25) is 9.59 Å². The van der Waals surface area contributed by atoms with Gasteiger partial charge in [-0.15, -0.1) is 11.3 Å². The first kappa shape index (κ1) is 16.1.